The van der Waals surface area contributed by atoms with E-state index in [1.807, 2.05) is 54.6 Å². The summed E-state index contributed by atoms with van der Waals surface area (Å²) in [5.74, 6) is -0.603. The zero-order chi connectivity index (χ0) is 18.5. The summed E-state index contributed by atoms with van der Waals surface area (Å²) in [7, 11) is 0. The van der Waals surface area contributed by atoms with E-state index in [1.54, 1.807) is 0 Å². The molecule has 3 rings (SSSR count). The number of carbonyl (C=O) groups is 1. The maximum atomic E-state index is 12.2. The zero-order valence-electron chi connectivity index (χ0n) is 14.8. The van der Waals surface area contributed by atoms with Crippen LogP contribution in [0.2, 0.25) is 0 Å². The number of rotatable bonds is 5. The molecule has 0 saturated heterocycles. The van der Waals surface area contributed by atoms with Crippen LogP contribution in [0.1, 0.15) is 25.0 Å². The summed E-state index contributed by atoms with van der Waals surface area (Å²) in [5, 5.41) is 13.6. The van der Waals surface area contributed by atoms with Gasteiger partial charge in [-0.3, -0.25) is 0 Å². The Balaban J connectivity index is 2.05. The van der Waals surface area contributed by atoms with Crippen LogP contribution in [0.3, 0.4) is 0 Å². The summed E-state index contributed by atoms with van der Waals surface area (Å²) >= 11 is 0. The van der Waals surface area contributed by atoms with E-state index in [4.69, 9.17) is 4.84 Å². The molecule has 0 fully saturated rings. The predicted octanol–water partition coefficient (Wildman–Crippen LogP) is 3.77. The quantitative estimate of drug-likeness (QED) is 0.470. The monoisotopic (exact) mass is 345 g/mol. The summed E-state index contributed by atoms with van der Waals surface area (Å²) in [6.07, 6.45) is 0. The van der Waals surface area contributed by atoms with Crippen molar-refractivity contribution in [3.63, 3.8) is 0 Å². The Hall–Kier alpha value is -3.39. The molecule has 2 aromatic rings. The number of hydrogen-bond acceptors (Lipinski definition) is 5. The van der Waals surface area contributed by atoms with Crippen molar-refractivity contribution in [2.45, 2.75) is 13.8 Å². The number of nitriles is 1. The van der Waals surface area contributed by atoms with Crippen LogP contribution in [0.15, 0.2) is 65.3 Å². The van der Waals surface area contributed by atoms with Crippen LogP contribution < -0.4 is 4.90 Å². The average molecular weight is 345 g/mol. The highest BCUT2D eigenvalue weighted by molar-refractivity contribution is 6.33. The lowest BCUT2D eigenvalue weighted by atomic mass is 9.94. The molecular formula is C21H19N3O2. The van der Waals surface area contributed by atoms with Crippen molar-refractivity contribution >= 4 is 22.9 Å². The molecule has 1 aliphatic heterocycles. The van der Waals surface area contributed by atoms with E-state index in [2.05, 4.69) is 30.0 Å². The van der Waals surface area contributed by atoms with Crippen molar-refractivity contribution in [3.8, 4) is 6.07 Å². The molecule has 5 heteroatoms. The van der Waals surface area contributed by atoms with Crippen molar-refractivity contribution in [2.24, 2.45) is 5.16 Å². The second kappa shape index (κ2) is 7.66. The fraction of sp³-hybridized carbons (Fsp3) is 0.190. The van der Waals surface area contributed by atoms with Gasteiger partial charge in [0.25, 0.3) is 0 Å². The third-order valence-corrected chi connectivity index (χ3v) is 4.35. The molecule has 0 unspecified atom stereocenters. The van der Waals surface area contributed by atoms with Gasteiger partial charge in [-0.25, -0.2) is 4.79 Å². The van der Waals surface area contributed by atoms with Crippen molar-refractivity contribution in [1.82, 2.24) is 0 Å². The molecule has 1 aliphatic rings. The van der Waals surface area contributed by atoms with Crippen LogP contribution in [0, 0.1) is 11.3 Å². The molecule has 5 nitrogen and oxygen atoms in total. The third-order valence-electron chi connectivity index (χ3n) is 4.35. The van der Waals surface area contributed by atoms with Crippen molar-refractivity contribution < 1.29 is 9.63 Å². The average Bonchev–Trinajstić information content (AvgIpc) is 3.07. The van der Waals surface area contributed by atoms with E-state index in [9.17, 15) is 10.1 Å². The molecule has 0 aliphatic carbocycles. The van der Waals surface area contributed by atoms with Crippen LogP contribution in [0.25, 0.3) is 5.57 Å². The molecule has 0 atom stereocenters. The normalized spacial score (nSPS) is 15.1. The zero-order valence-corrected chi connectivity index (χ0v) is 14.8. The number of oxime groups is 1. The number of carbonyl (C=O) groups excluding carboxylic acids is 1. The minimum atomic E-state index is -0.603. The molecule has 26 heavy (non-hydrogen) atoms. The summed E-state index contributed by atoms with van der Waals surface area (Å²) < 4.78 is 0. The van der Waals surface area contributed by atoms with Crippen molar-refractivity contribution in [2.75, 3.05) is 18.0 Å². The largest absolute Gasteiger partial charge is 0.372 e. The highest BCUT2D eigenvalue weighted by Crippen LogP contribution is 2.28. The molecule has 0 amide bonds. The Morgan fingerprint density at radius 2 is 1.73 bits per heavy atom. The first-order valence-corrected chi connectivity index (χ1v) is 8.54. The van der Waals surface area contributed by atoms with Gasteiger partial charge in [-0.2, -0.15) is 5.26 Å². The molecule has 0 aromatic heterocycles. The van der Waals surface area contributed by atoms with Gasteiger partial charge in [0.2, 0.25) is 0 Å². The summed E-state index contributed by atoms with van der Waals surface area (Å²) in [6.45, 7) is 5.99. The topological polar surface area (TPSA) is 65.7 Å². The van der Waals surface area contributed by atoms with E-state index in [1.165, 1.54) is 0 Å². The second-order valence-corrected chi connectivity index (χ2v) is 5.77. The second-order valence-electron chi connectivity index (χ2n) is 5.77. The molecular weight excluding hydrogens is 326 g/mol. The van der Waals surface area contributed by atoms with Gasteiger partial charge in [0.05, 0.1) is 5.57 Å². The third kappa shape index (κ3) is 3.22. The molecule has 2 aromatic carbocycles. The number of nitrogens with zero attached hydrogens (tertiary/aromatic N) is 3. The van der Waals surface area contributed by atoms with Gasteiger partial charge in [0, 0.05) is 24.3 Å². The van der Waals surface area contributed by atoms with E-state index >= 15 is 0 Å². The minimum Gasteiger partial charge on any atom is -0.372 e. The van der Waals surface area contributed by atoms with Crippen molar-refractivity contribution in [3.05, 3.63) is 71.3 Å². The van der Waals surface area contributed by atoms with Gasteiger partial charge in [-0.15, -0.1) is 0 Å². The van der Waals surface area contributed by atoms with Gasteiger partial charge < -0.3 is 9.74 Å². The summed E-state index contributed by atoms with van der Waals surface area (Å²) in [4.78, 5) is 19.3. The van der Waals surface area contributed by atoms with Gasteiger partial charge in [0.1, 0.15) is 17.4 Å². The Kier molecular flexibility index (Phi) is 5.14. The van der Waals surface area contributed by atoms with E-state index in [-0.39, 0.29) is 11.1 Å². The van der Waals surface area contributed by atoms with E-state index in [0.29, 0.717) is 11.3 Å². The van der Waals surface area contributed by atoms with Gasteiger partial charge in [0.15, 0.2) is 0 Å². The number of anilines is 1. The smallest absolute Gasteiger partial charge is 0.369 e. The van der Waals surface area contributed by atoms with Crippen molar-refractivity contribution in [1.29, 1.82) is 5.26 Å². The molecule has 0 bridgehead atoms. The molecule has 1 heterocycles. The summed E-state index contributed by atoms with van der Waals surface area (Å²) in [6, 6.07) is 19.0. The minimum absolute atomic E-state index is 0.203. The van der Waals surface area contributed by atoms with E-state index < -0.39 is 5.97 Å². The maximum absolute atomic E-state index is 12.2. The molecule has 0 saturated carbocycles. The first-order valence-electron chi connectivity index (χ1n) is 8.54. The molecule has 0 spiro atoms. The molecule has 130 valence electrons. The Bertz CT molecular complexity index is 903. The van der Waals surface area contributed by atoms with Crippen LogP contribution in [0.4, 0.5) is 5.69 Å². The Morgan fingerprint density at radius 3 is 2.31 bits per heavy atom. The highest BCUT2D eigenvalue weighted by atomic mass is 16.7. The Morgan fingerprint density at radius 1 is 1.08 bits per heavy atom. The van der Waals surface area contributed by atoms with Crippen LogP contribution in [-0.4, -0.2) is 24.8 Å². The Labute approximate surface area is 152 Å². The number of benzene rings is 2. The predicted molar refractivity (Wildman–Crippen MR) is 102 cm³/mol. The standard InChI is InChI=1S/C21H19N3O2/c1-3-24(4-2)17-12-10-15(11-13-17)18(14-22)19-20(23-26-21(19)25)16-8-6-5-7-9-16/h5-13H,3-4H2,1-2H3/b19-18-. The van der Waals surface area contributed by atoms with Crippen LogP contribution in [0.5, 0.6) is 0 Å². The number of hydrogen-bond donors (Lipinski definition) is 0. The first kappa shape index (κ1) is 17.4. The maximum Gasteiger partial charge on any atom is 0.369 e. The number of allylic oxidation sites excluding steroid dienone is 1. The van der Waals surface area contributed by atoms with Crippen LogP contribution in [-0.2, 0) is 9.63 Å². The fourth-order valence-electron chi connectivity index (χ4n) is 2.98. The SMILES string of the molecule is CCN(CC)c1ccc(/C(C#N)=C2\C(=O)ON=C2c2ccccc2)cc1. The highest BCUT2D eigenvalue weighted by Gasteiger charge is 2.31. The van der Waals surface area contributed by atoms with Crippen LogP contribution >= 0.6 is 0 Å². The lowest BCUT2D eigenvalue weighted by Gasteiger charge is -2.21. The van der Waals surface area contributed by atoms with Gasteiger partial charge >= 0.3 is 5.97 Å². The fourth-order valence-corrected chi connectivity index (χ4v) is 2.98. The van der Waals surface area contributed by atoms with Gasteiger partial charge in [-0.1, -0.05) is 47.6 Å². The van der Waals surface area contributed by atoms with E-state index in [0.717, 1.165) is 24.3 Å². The lowest BCUT2D eigenvalue weighted by Crippen LogP contribution is -2.21. The molecule has 0 N–H and O–H groups in total. The molecule has 0 radical (unpaired) electrons. The first-order chi connectivity index (χ1) is 12.7. The lowest BCUT2D eigenvalue weighted by molar-refractivity contribution is -0.136. The van der Waals surface area contributed by atoms with Gasteiger partial charge in [-0.05, 0) is 31.5 Å². The summed E-state index contributed by atoms with van der Waals surface area (Å²) in [5.41, 5.74) is 3.34.